The second-order valence-electron chi connectivity index (χ2n) is 5.18. The van der Waals surface area contributed by atoms with E-state index in [4.69, 9.17) is 9.31 Å². The van der Waals surface area contributed by atoms with E-state index in [2.05, 4.69) is 4.98 Å². The fourth-order valence-corrected chi connectivity index (χ4v) is 1.68. The molecule has 0 unspecified atom stereocenters. The summed E-state index contributed by atoms with van der Waals surface area (Å²) in [6, 6.07) is 3.43. The number of hydrogen-bond donors (Lipinski definition) is 0. The van der Waals surface area contributed by atoms with Crippen molar-refractivity contribution in [2.24, 2.45) is 0 Å². The summed E-state index contributed by atoms with van der Waals surface area (Å²) in [5.74, 6) is 0. The van der Waals surface area contributed by atoms with Crippen molar-refractivity contribution in [3.8, 4) is 0 Å². The summed E-state index contributed by atoms with van der Waals surface area (Å²) in [5.41, 5.74) is 0.206. The number of nitrogens with zero attached hydrogens (tertiary/aromatic N) is 1. The minimum Gasteiger partial charge on any atom is -0.398 e. The van der Waals surface area contributed by atoms with E-state index in [0.717, 1.165) is 6.29 Å². The summed E-state index contributed by atoms with van der Waals surface area (Å²) in [6.45, 7) is 7.88. The molecule has 1 fully saturated rings. The number of carbonyl (C=O) groups excluding carboxylic acids is 1. The molecule has 0 bridgehead atoms. The lowest BCUT2D eigenvalue weighted by Gasteiger charge is -2.32. The van der Waals surface area contributed by atoms with Gasteiger partial charge in [0.05, 0.1) is 16.8 Å². The van der Waals surface area contributed by atoms with Gasteiger partial charge in [-0.3, -0.25) is 9.78 Å². The predicted molar refractivity (Wildman–Crippen MR) is 65.3 cm³/mol. The van der Waals surface area contributed by atoms with Crippen molar-refractivity contribution in [3.05, 3.63) is 23.9 Å². The summed E-state index contributed by atoms with van der Waals surface area (Å²) in [6.07, 6.45) is 2.40. The van der Waals surface area contributed by atoms with Crippen LogP contribution in [0.25, 0.3) is 0 Å². The minimum atomic E-state index is -0.582. The number of aldehydes is 1. The maximum absolute atomic E-state index is 11.0. The molecule has 4 nitrogen and oxygen atoms in total. The highest BCUT2D eigenvalue weighted by Gasteiger charge is 2.52. The lowest BCUT2D eigenvalue weighted by Crippen LogP contribution is -2.41. The SMILES string of the molecule is CC1(C)OB(c2ncccc2C=O)OC1(C)C. The third kappa shape index (κ3) is 2.00. The smallest absolute Gasteiger partial charge is 0.398 e. The second kappa shape index (κ2) is 3.93. The van der Waals surface area contributed by atoms with Gasteiger partial charge in [0.15, 0.2) is 6.29 Å². The highest BCUT2D eigenvalue weighted by Crippen LogP contribution is 2.36. The van der Waals surface area contributed by atoms with Gasteiger partial charge in [-0.2, -0.15) is 0 Å². The van der Waals surface area contributed by atoms with Gasteiger partial charge in [-0.25, -0.2) is 0 Å². The Hall–Kier alpha value is -1.20. The largest absolute Gasteiger partial charge is 0.515 e. The van der Waals surface area contributed by atoms with E-state index < -0.39 is 18.3 Å². The molecule has 0 atom stereocenters. The normalized spacial score (nSPS) is 21.5. The first-order chi connectivity index (χ1) is 7.87. The number of pyridine rings is 1. The zero-order valence-electron chi connectivity index (χ0n) is 10.6. The minimum absolute atomic E-state index is 0.421. The van der Waals surface area contributed by atoms with Gasteiger partial charge in [0, 0.05) is 11.8 Å². The third-order valence-corrected chi connectivity index (χ3v) is 3.47. The summed E-state index contributed by atoms with van der Waals surface area (Å²) < 4.78 is 11.7. The van der Waals surface area contributed by atoms with Gasteiger partial charge in [0.2, 0.25) is 0 Å². The Morgan fingerprint density at radius 1 is 1.24 bits per heavy atom. The summed E-state index contributed by atoms with van der Waals surface area (Å²) in [7, 11) is -0.582. The molecule has 2 heterocycles. The van der Waals surface area contributed by atoms with Crippen LogP contribution in [-0.2, 0) is 9.31 Å². The van der Waals surface area contributed by atoms with E-state index >= 15 is 0 Å². The fourth-order valence-electron chi connectivity index (χ4n) is 1.68. The maximum atomic E-state index is 11.0. The molecule has 1 aromatic heterocycles. The van der Waals surface area contributed by atoms with Gasteiger partial charge in [-0.15, -0.1) is 0 Å². The van der Waals surface area contributed by atoms with Gasteiger partial charge in [0.25, 0.3) is 0 Å². The topological polar surface area (TPSA) is 48.4 Å². The number of rotatable bonds is 2. The lowest BCUT2D eigenvalue weighted by atomic mass is 9.81. The van der Waals surface area contributed by atoms with Gasteiger partial charge in [0.1, 0.15) is 0 Å². The number of hydrogen-bond acceptors (Lipinski definition) is 4. The van der Waals surface area contributed by atoms with E-state index in [9.17, 15) is 4.79 Å². The molecule has 0 radical (unpaired) electrons. The van der Waals surface area contributed by atoms with E-state index in [-0.39, 0.29) is 0 Å². The molecule has 2 rings (SSSR count). The van der Waals surface area contributed by atoms with E-state index in [1.807, 2.05) is 27.7 Å². The average Bonchev–Trinajstić information content (AvgIpc) is 2.48. The molecule has 5 heteroatoms. The first kappa shape index (κ1) is 12.3. The van der Waals surface area contributed by atoms with E-state index in [1.54, 1.807) is 18.3 Å². The zero-order chi connectivity index (χ0) is 12.7. The standard InChI is InChI=1S/C12H16BNO3/c1-11(2)12(3,4)17-13(16-11)10-9(8-15)6-5-7-14-10/h5-8H,1-4H3. The molecule has 1 aliphatic rings. The highest BCUT2D eigenvalue weighted by atomic mass is 16.7. The summed E-state index contributed by atoms with van der Waals surface area (Å²) >= 11 is 0. The predicted octanol–water partition coefficient (Wildman–Crippen LogP) is 1.19. The van der Waals surface area contributed by atoms with E-state index in [0.29, 0.717) is 11.2 Å². The quantitative estimate of drug-likeness (QED) is 0.568. The van der Waals surface area contributed by atoms with Crippen LogP contribution in [0.3, 0.4) is 0 Å². The molecule has 0 N–H and O–H groups in total. The van der Waals surface area contributed by atoms with Crippen molar-refractivity contribution in [2.45, 2.75) is 38.9 Å². The first-order valence-electron chi connectivity index (χ1n) is 5.63. The van der Waals surface area contributed by atoms with Crippen LogP contribution in [0.1, 0.15) is 38.1 Å². The summed E-state index contributed by atoms with van der Waals surface area (Å²) in [4.78, 5) is 15.1. The number of carbonyl (C=O) groups is 1. The Morgan fingerprint density at radius 3 is 2.35 bits per heavy atom. The molecular weight excluding hydrogens is 217 g/mol. The highest BCUT2D eigenvalue weighted by molar-refractivity contribution is 6.62. The second-order valence-corrected chi connectivity index (χ2v) is 5.18. The van der Waals surface area contributed by atoms with Crippen LogP contribution in [0.15, 0.2) is 18.3 Å². The molecule has 1 aromatic rings. The molecular formula is C12H16BNO3. The Labute approximate surface area is 101 Å². The fraction of sp³-hybridized carbons (Fsp3) is 0.500. The van der Waals surface area contributed by atoms with Crippen molar-refractivity contribution < 1.29 is 14.1 Å². The van der Waals surface area contributed by atoms with Crippen LogP contribution in [0.2, 0.25) is 0 Å². The Balaban J connectivity index is 2.35. The lowest BCUT2D eigenvalue weighted by molar-refractivity contribution is 0.00578. The summed E-state index contributed by atoms with van der Waals surface area (Å²) in [5, 5.41) is 0. The van der Waals surface area contributed by atoms with Gasteiger partial charge >= 0.3 is 7.12 Å². The molecule has 90 valence electrons. The molecule has 0 spiro atoms. The molecule has 0 aromatic carbocycles. The molecule has 1 saturated heterocycles. The Kier molecular flexibility index (Phi) is 2.83. The van der Waals surface area contributed by atoms with E-state index in [1.165, 1.54) is 0 Å². The first-order valence-corrected chi connectivity index (χ1v) is 5.63. The van der Waals surface area contributed by atoms with Gasteiger partial charge in [-0.05, 0) is 39.8 Å². The number of aromatic nitrogens is 1. The van der Waals surface area contributed by atoms with Crippen LogP contribution in [0.5, 0.6) is 0 Å². The van der Waals surface area contributed by atoms with Crippen LogP contribution < -0.4 is 5.59 Å². The molecule has 0 amide bonds. The van der Waals surface area contributed by atoms with Crippen molar-refractivity contribution in [1.82, 2.24) is 4.98 Å². The molecule has 0 saturated carbocycles. The van der Waals surface area contributed by atoms with Crippen LogP contribution in [0.4, 0.5) is 0 Å². The molecule has 17 heavy (non-hydrogen) atoms. The maximum Gasteiger partial charge on any atom is 0.515 e. The van der Waals surface area contributed by atoms with Crippen molar-refractivity contribution in [1.29, 1.82) is 0 Å². The monoisotopic (exact) mass is 233 g/mol. The van der Waals surface area contributed by atoms with Gasteiger partial charge in [-0.1, -0.05) is 0 Å². The van der Waals surface area contributed by atoms with Crippen LogP contribution in [0, 0.1) is 0 Å². The van der Waals surface area contributed by atoms with Crippen molar-refractivity contribution >= 4 is 19.0 Å². The molecule has 0 aliphatic carbocycles. The van der Waals surface area contributed by atoms with Crippen LogP contribution >= 0.6 is 0 Å². The Morgan fingerprint density at radius 2 is 1.82 bits per heavy atom. The third-order valence-electron chi connectivity index (χ3n) is 3.47. The molecule has 1 aliphatic heterocycles. The van der Waals surface area contributed by atoms with Crippen molar-refractivity contribution in [2.75, 3.05) is 0 Å². The van der Waals surface area contributed by atoms with Crippen LogP contribution in [-0.4, -0.2) is 29.6 Å². The Bertz CT molecular complexity index is 429. The van der Waals surface area contributed by atoms with Crippen molar-refractivity contribution in [3.63, 3.8) is 0 Å². The average molecular weight is 233 g/mol. The van der Waals surface area contributed by atoms with Gasteiger partial charge < -0.3 is 9.31 Å². The zero-order valence-corrected chi connectivity index (χ0v) is 10.6.